The standard InChI is InChI=1S/C18H14F3NO2S/c1-13-5-7-17(8-6-13)25(23,24)22-10-9-15(12-22)14-3-2-4-16(11-14)18(19,20)21/h2-12H,1H3. The Labute approximate surface area is 143 Å². The Kier molecular flexibility index (Phi) is 4.20. The number of benzene rings is 2. The summed E-state index contributed by atoms with van der Waals surface area (Å²) in [6.45, 7) is 1.85. The van der Waals surface area contributed by atoms with Crippen LogP contribution in [-0.4, -0.2) is 12.4 Å². The van der Waals surface area contributed by atoms with Gasteiger partial charge < -0.3 is 0 Å². The van der Waals surface area contributed by atoms with Gasteiger partial charge in [-0.2, -0.15) is 13.2 Å². The first-order valence-electron chi connectivity index (χ1n) is 7.36. The normalized spacial score (nSPS) is 12.3. The summed E-state index contributed by atoms with van der Waals surface area (Å²) in [7, 11) is -3.79. The van der Waals surface area contributed by atoms with Crippen molar-refractivity contribution in [3.63, 3.8) is 0 Å². The van der Waals surface area contributed by atoms with Gasteiger partial charge in [-0.15, -0.1) is 0 Å². The average molecular weight is 365 g/mol. The highest BCUT2D eigenvalue weighted by Crippen LogP contribution is 2.32. The molecular formula is C18H14F3NO2S. The van der Waals surface area contributed by atoms with E-state index in [4.69, 9.17) is 0 Å². The molecule has 0 saturated carbocycles. The van der Waals surface area contributed by atoms with E-state index in [2.05, 4.69) is 0 Å². The fourth-order valence-corrected chi connectivity index (χ4v) is 3.60. The number of aryl methyl sites for hydroxylation is 1. The number of nitrogens with zero attached hydrogens (tertiary/aromatic N) is 1. The Morgan fingerprint density at radius 2 is 1.60 bits per heavy atom. The zero-order valence-electron chi connectivity index (χ0n) is 13.2. The molecule has 0 aliphatic heterocycles. The van der Waals surface area contributed by atoms with Crippen LogP contribution in [-0.2, 0) is 16.2 Å². The van der Waals surface area contributed by atoms with Crippen LogP contribution in [0, 0.1) is 6.92 Å². The molecule has 0 amide bonds. The highest BCUT2D eigenvalue weighted by atomic mass is 32.2. The fraction of sp³-hybridized carbons (Fsp3) is 0.111. The molecule has 0 fully saturated rings. The Morgan fingerprint density at radius 1 is 0.920 bits per heavy atom. The topological polar surface area (TPSA) is 39.1 Å². The number of alkyl halides is 3. The van der Waals surface area contributed by atoms with Crippen molar-refractivity contribution in [3.05, 3.63) is 78.1 Å². The zero-order chi connectivity index (χ0) is 18.2. The lowest BCUT2D eigenvalue weighted by Crippen LogP contribution is -2.10. The van der Waals surface area contributed by atoms with Crippen molar-refractivity contribution < 1.29 is 21.6 Å². The molecule has 2 aromatic carbocycles. The largest absolute Gasteiger partial charge is 0.416 e. The summed E-state index contributed by atoms with van der Waals surface area (Å²) in [5.41, 5.74) is 0.838. The molecule has 0 unspecified atom stereocenters. The summed E-state index contributed by atoms with van der Waals surface area (Å²) in [5, 5.41) is 0. The monoisotopic (exact) mass is 365 g/mol. The molecule has 1 heterocycles. The molecule has 0 spiro atoms. The molecule has 1 aromatic heterocycles. The van der Waals surface area contributed by atoms with E-state index in [1.54, 1.807) is 12.1 Å². The van der Waals surface area contributed by atoms with Gasteiger partial charge in [-0.25, -0.2) is 12.4 Å². The van der Waals surface area contributed by atoms with Crippen LogP contribution in [0.15, 0.2) is 71.9 Å². The number of rotatable bonds is 3. The highest BCUT2D eigenvalue weighted by molar-refractivity contribution is 7.90. The van der Waals surface area contributed by atoms with Crippen molar-refractivity contribution in [1.29, 1.82) is 0 Å². The van der Waals surface area contributed by atoms with Crippen LogP contribution in [0.4, 0.5) is 13.2 Å². The summed E-state index contributed by atoms with van der Waals surface area (Å²) in [5.74, 6) is 0. The molecule has 0 aliphatic carbocycles. The first kappa shape index (κ1) is 17.3. The summed E-state index contributed by atoms with van der Waals surface area (Å²) >= 11 is 0. The van der Waals surface area contributed by atoms with Gasteiger partial charge in [0, 0.05) is 18.0 Å². The summed E-state index contributed by atoms with van der Waals surface area (Å²) in [6.07, 6.45) is -1.82. The SMILES string of the molecule is Cc1ccc(S(=O)(=O)n2ccc(-c3cccc(C(F)(F)F)c3)c2)cc1. The van der Waals surface area contributed by atoms with Gasteiger partial charge in [0.2, 0.25) is 0 Å². The van der Waals surface area contributed by atoms with Gasteiger partial charge in [0.1, 0.15) is 0 Å². The molecule has 3 nitrogen and oxygen atoms in total. The maximum atomic E-state index is 12.8. The van der Waals surface area contributed by atoms with Crippen molar-refractivity contribution >= 4 is 10.0 Å². The summed E-state index contributed by atoms with van der Waals surface area (Å²) in [4.78, 5) is 0.115. The number of aromatic nitrogens is 1. The molecule has 0 saturated heterocycles. The Morgan fingerprint density at radius 3 is 2.24 bits per heavy atom. The molecule has 3 rings (SSSR count). The quantitative estimate of drug-likeness (QED) is 0.674. The second-order valence-electron chi connectivity index (χ2n) is 5.63. The molecule has 3 aromatic rings. The molecule has 0 aliphatic rings. The molecule has 0 radical (unpaired) electrons. The maximum absolute atomic E-state index is 12.8. The van der Waals surface area contributed by atoms with Gasteiger partial charge in [-0.05, 0) is 42.8 Å². The zero-order valence-corrected chi connectivity index (χ0v) is 14.0. The third-order valence-electron chi connectivity index (χ3n) is 3.79. The molecule has 0 bridgehead atoms. The smallest absolute Gasteiger partial charge is 0.248 e. The van der Waals surface area contributed by atoms with Gasteiger partial charge in [0.25, 0.3) is 10.0 Å². The highest BCUT2D eigenvalue weighted by Gasteiger charge is 2.30. The van der Waals surface area contributed by atoms with Gasteiger partial charge in [0.15, 0.2) is 0 Å². The Balaban J connectivity index is 1.99. The lowest BCUT2D eigenvalue weighted by Gasteiger charge is -2.08. The third kappa shape index (κ3) is 3.46. The number of halogens is 3. The minimum absolute atomic E-state index is 0.115. The fourth-order valence-electron chi connectivity index (χ4n) is 2.40. The minimum atomic E-state index is -4.45. The molecule has 0 N–H and O–H groups in total. The van der Waals surface area contributed by atoms with E-state index in [0.29, 0.717) is 11.1 Å². The van der Waals surface area contributed by atoms with E-state index in [-0.39, 0.29) is 4.90 Å². The predicted molar refractivity (Wildman–Crippen MR) is 88.6 cm³/mol. The van der Waals surface area contributed by atoms with Gasteiger partial charge >= 0.3 is 6.18 Å². The maximum Gasteiger partial charge on any atom is 0.416 e. The van der Waals surface area contributed by atoms with E-state index < -0.39 is 21.8 Å². The van der Waals surface area contributed by atoms with Crippen LogP contribution in [0.3, 0.4) is 0 Å². The molecule has 0 atom stereocenters. The van der Waals surface area contributed by atoms with Gasteiger partial charge in [-0.1, -0.05) is 29.8 Å². The Bertz CT molecular complexity index is 1000. The van der Waals surface area contributed by atoms with Crippen LogP contribution in [0.2, 0.25) is 0 Å². The second-order valence-corrected chi connectivity index (χ2v) is 7.47. The van der Waals surface area contributed by atoms with Crippen LogP contribution >= 0.6 is 0 Å². The van der Waals surface area contributed by atoms with Crippen LogP contribution < -0.4 is 0 Å². The Hall–Kier alpha value is -2.54. The second kappa shape index (κ2) is 6.07. The lowest BCUT2D eigenvalue weighted by atomic mass is 10.1. The van der Waals surface area contributed by atoms with E-state index >= 15 is 0 Å². The molecule has 130 valence electrons. The number of hydrogen-bond acceptors (Lipinski definition) is 2. The van der Waals surface area contributed by atoms with E-state index in [9.17, 15) is 21.6 Å². The molecule has 25 heavy (non-hydrogen) atoms. The minimum Gasteiger partial charge on any atom is -0.248 e. The summed E-state index contributed by atoms with van der Waals surface area (Å²) < 4.78 is 64.7. The lowest BCUT2D eigenvalue weighted by molar-refractivity contribution is -0.137. The van der Waals surface area contributed by atoms with E-state index in [1.807, 2.05) is 6.92 Å². The third-order valence-corrected chi connectivity index (χ3v) is 5.44. The first-order chi connectivity index (χ1) is 11.7. The van der Waals surface area contributed by atoms with Crippen molar-refractivity contribution in [2.75, 3.05) is 0 Å². The van der Waals surface area contributed by atoms with E-state index in [0.717, 1.165) is 21.7 Å². The van der Waals surface area contributed by atoms with E-state index in [1.165, 1.54) is 42.7 Å². The van der Waals surface area contributed by atoms with Crippen molar-refractivity contribution in [3.8, 4) is 11.1 Å². The molecular weight excluding hydrogens is 351 g/mol. The van der Waals surface area contributed by atoms with Crippen molar-refractivity contribution in [2.45, 2.75) is 18.0 Å². The predicted octanol–water partition coefficient (Wildman–Crippen LogP) is 4.72. The van der Waals surface area contributed by atoms with Gasteiger partial charge in [-0.3, -0.25) is 0 Å². The van der Waals surface area contributed by atoms with Crippen LogP contribution in [0.25, 0.3) is 11.1 Å². The number of hydrogen-bond donors (Lipinski definition) is 0. The van der Waals surface area contributed by atoms with Crippen molar-refractivity contribution in [2.24, 2.45) is 0 Å². The first-order valence-corrected chi connectivity index (χ1v) is 8.80. The van der Waals surface area contributed by atoms with Crippen LogP contribution in [0.5, 0.6) is 0 Å². The summed E-state index contributed by atoms with van der Waals surface area (Å²) in [6, 6.07) is 12.6. The average Bonchev–Trinajstić information content (AvgIpc) is 3.05. The van der Waals surface area contributed by atoms with Gasteiger partial charge in [0.05, 0.1) is 10.5 Å². The van der Waals surface area contributed by atoms with Crippen molar-refractivity contribution in [1.82, 2.24) is 3.97 Å². The molecule has 7 heteroatoms. The van der Waals surface area contributed by atoms with Crippen LogP contribution in [0.1, 0.15) is 11.1 Å².